The lowest BCUT2D eigenvalue weighted by molar-refractivity contribution is -0.115. The summed E-state index contributed by atoms with van der Waals surface area (Å²) in [5, 5.41) is 5.41. The number of carbonyl (C=O) groups excluding carboxylic acids is 2. The van der Waals surface area contributed by atoms with Crippen LogP contribution in [0, 0.1) is 5.82 Å². The Morgan fingerprint density at radius 1 is 0.839 bits per heavy atom. The minimum absolute atomic E-state index is 0.0438. The van der Waals surface area contributed by atoms with Crippen LogP contribution in [-0.2, 0) is 14.8 Å². The van der Waals surface area contributed by atoms with Gasteiger partial charge in [0.05, 0.1) is 4.90 Å². The van der Waals surface area contributed by atoms with Gasteiger partial charge in [0.15, 0.2) is 0 Å². The molecule has 3 rings (SSSR count). The number of sulfonamides is 1. The number of rotatable bonds is 7. The molecule has 31 heavy (non-hydrogen) atoms. The molecule has 0 atom stereocenters. The zero-order valence-corrected chi connectivity index (χ0v) is 17.4. The van der Waals surface area contributed by atoms with Crippen LogP contribution in [0.25, 0.3) is 0 Å². The molecule has 0 fully saturated rings. The summed E-state index contributed by atoms with van der Waals surface area (Å²) in [7, 11) is -3.89. The molecule has 0 spiro atoms. The second-order valence-corrected chi connectivity index (χ2v) is 8.26. The zero-order valence-electron chi connectivity index (χ0n) is 16.6. The lowest BCUT2D eigenvalue weighted by Crippen LogP contribution is -2.15. The number of nitrogens with one attached hydrogen (secondary N) is 3. The van der Waals surface area contributed by atoms with Crippen molar-refractivity contribution >= 4 is 38.9 Å². The van der Waals surface area contributed by atoms with Crippen LogP contribution in [0.4, 0.5) is 21.5 Å². The molecule has 2 amide bonds. The lowest BCUT2D eigenvalue weighted by Gasteiger charge is -2.10. The highest BCUT2D eigenvalue weighted by Crippen LogP contribution is 2.19. The van der Waals surface area contributed by atoms with Crippen molar-refractivity contribution in [2.24, 2.45) is 0 Å². The monoisotopic (exact) mass is 441 g/mol. The molecular formula is C22H20FN3O4S. The first-order valence-electron chi connectivity index (χ1n) is 9.36. The fourth-order valence-electron chi connectivity index (χ4n) is 2.64. The summed E-state index contributed by atoms with van der Waals surface area (Å²) >= 11 is 0. The Morgan fingerprint density at radius 2 is 1.45 bits per heavy atom. The third kappa shape index (κ3) is 5.89. The number of hydrogen-bond acceptors (Lipinski definition) is 4. The smallest absolute Gasteiger partial charge is 0.261 e. The minimum Gasteiger partial charge on any atom is -0.326 e. The lowest BCUT2D eigenvalue weighted by atomic mass is 10.2. The Hall–Kier alpha value is -3.72. The normalized spacial score (nSPS) is 10.9. The van der Waals surface area contributed by atoms with Crippen molar-refractivity contribution in [3.63, 3.8) is 0 Å². The van der Waals surface area contributed by atoms with Gasteiger partial charge < -0.3 is 10.6 Å². The van der Waals surface area contributed by atoms with Crippen LogP contribution < -0.4 is 15.4 Å². The first kappa shape index (κ1) is 22.0. The standard InChI is InChI=1S/C22H20FN3O4S/c1-2-21(27)24-18-4-3-5-19(14-18)25-22(28)15-6-12-20(13-7-15)31(29,30)26-17-10-8-16(23)9-11-17/h3-14,26H,2H2,1H3,(H,24,27)(H,25,28). The molecular weight excluding hydrogens is 421 g/mol. The van der Waals surface area contributed by atoms with Gasteiger partial charge in [-0.3, -0.25) is 14.3 Å². The quantitative estimate of drug-likeness (QED) is 0.510. The molecule has 0 saturated carbocycles. The molecule has 0 unspecified atom stereocenters. The third-order valence-corrected chi connectivity index (χ3v) is 5.65. The number of hydrogen-bond donors (Lipinski definition) is 3. The van der Waals surface area contributed by atoms with E-state index in [1.165, 1.54) is 36.4 Å². The molecule has 0 bridgehead atoms. The second kappa shape index (κ2) is 9.40. The Balaban J connectivity index is 1.69. The van der Waals surface area contributed by atoms with E-state index in [0.29, 0.717) is 17.8 Å². The van der Waals surface area contributed by atoms with Gasteiger partial charge in [0.2, 0.25) is 5.91 Å². The van der Waals surface area contributed by atoms with Crippen LogP contribution in [0.1, 0.15) is 23.7 Å². The molecule has 3 aromatic rings. The van der Waals surface area contributed by atoms with E-state index in [4.69, 9.17) is 0 Å². The number of benzene rings is 3. The molecule has 0 aromatic heterocycles. The summed E-state index contributed by atoms with van der Waals surface area (Å²) in [4.78, 5) is 24.0. The van der Waals surface area contributed by atoms with E-state index < -0.39 is 21.7 Å². The maximum atomic E-state index is 13.0. The maximum Gasteiger partial charge on any atom is 0.261 e. The Bertz CT molecular complexity index is 1190. The third-order valence-electron chi connectivity index (χ3n) is 4.25. The minimum atomic E-state index is -3.89. The summed E-state index contributed by atoms with van der Waals surface area (Å²) < 4.78 is 40.3. The average Bonchev–Trinajstić information content (AvgIpc) is 2.75. The van der Waals surface area contributed by atoms with Crippen molar-refractivity contribution in [2.75, 3.05) is 15.4 Å². The van der Waals surface area contributed by atoms with Crippen molar-refractivity contribution in [2.45, 2.75) is 18.2 Å². The molecule has 0 radical (unpaired) electrons. The van der Waals surface area contributed by atoms with E-state index in [-0.39, 0.29) is 22.1 Å². The van der Waals surface area contributed by atoms with Gasteiger partial charge in [0, 0.05) is 29.0 Å². The molecule has 9 heteroatoms. The van der Waals surface area contributed by atoms with Crippen LogP contribution in [-0.4, -0.2) is 20.2 Å². The fraction of sp³-hybridized carbons (Fsp3) is 0.0909. The van der Waals surface area contributed by atoms with Crippen molar-refractivity contribution in [1.82, 2.24) is 0 Å². The predicted molar refractivity (Wildman–Crippen MR) is 117 cm³/mol. The van der Waals surface area contributed by atoms with E-state index in [0.717, 1.165) is 12.1 Å². The van der Waals surface area contributed by atoms with Crippen LogP contribution in [0.5, 0.6) is 0 Å². The average molecular weight is 441 g/mol. The van der Waals surface area contributed by atoms with Gasteiger partial charge in [0.25, 0.3) is 15.9 Å². The Morgan fingerprint density at radius 3 is 2.06 bits per heavy atom. The highest BCUT2D eigenvalue weighted by atomic mass is 32.2. The molecule has 0 aliphatic heterocycles. The van der Waals surface area contributed by atoms with Crippen LogP contribution >= 0.6 is 0 Å². The van der Waals surface area contributed by atoms with Crippen LogP contribution in [0.15, 0.2) is 77.7 Å². The van der Waals surface area contributed by atoms with Crippen molar-refractivity contribution < 1.29 is 22.4 Å². The first-order chi connectivity index (χ1) is 14.8. The van der Waals surface area contributed by atoms with Crippen LogP contribution in [0.2, 0.25) is 0 Å². The SMILES string of the molecule is CCC(=O)Nc1cccc(NC(=O)c2ccc(S(=O)(=O)Nc3ccc(F)cc3)cc2)c1. The molecule has 3 N–H and O–H groups in total. The Labute approximate surface area is 179 Å². The van der Waals surface area contributed by atoms with E-state index in [2.05, 4.69) is 15.4 Å². The van der Waals surface area contributed by atoms with Crippen molar-refractivity contribution in [3.8, 4) is 0 Å². The topological polar surface area (TPSA) is 104 Å². The molecule has 0 aliphatic carbocycles. The number of anilines is 3. The van der Waals surface area contributed by atoms with Gasteiger partial charge in [-0.05, 0) is 66.7 Å². The van der Waals surface area contributed by atoms with Gasteiger partial charge in [-0.1, -0.05) is 13.0 Å². The van der Waals surface area contributed by atoms with E-state index in [9.17, 15) is 22.4 Å². The Kier molecular flexibility index (Phi) is 6.66. The van der Waals surface area contributed by atoms with Gasteiger partial charge in [-0.15, -0.1) is 0 Å². The molecule has 0 aliphatic rings. The van der Waals surface area contributed by atoms with Crippen molar-refractivity contribution in [3.05, 3.63) is 84.2 Å². The van der Waals surface area contributed by atoms with Gasteiger partial charge >= 0.3 is 0 Å². The number of amides is 2. The summed E-state index contributed by atoms with van der Waals surface area (Å²) in [6, 6.07) is 17.0. The first-order valence-corrected chi connectivity index (χ1v) is 10.8. The molecule has 7 nitrogen and oxygen atoms in total. The molecule has 3 aromatic carbocycles. The predicted octanol–water partition coefficient (Wildman–Crippen LogP) is 4.23. The van der Waals surface area contributed by atoms with E-state index >= 15 is 0 Å². The summed E-state index contributed by atoms with van der Waals surface area (Å²) in [5.41, 5.74) is 1.51. The van der Waals surface area contributed by atoms with Gasteiger partial charge in [-0.2, -0.15) is 0 Å². The largest absolute Gasteiger partial charge is 0.326 e. The number of carbonyl (C=O) groups is 2. The summed E-state index contributed by atoms with van der Waals surface area (Å²) in [5.74, 6) is -1.06. The maximum absolute atomic E-state index is 13.0. The molecule has 0 heterocycles. The second-order valence-electron chi connectivity index (χ2n) is 6.57. The molecule has 0 saturated heterocycles. The number of halogens is 1. The summed E-state index contributed by atoms with van der Waals surface area (Å²) in [6.07, 6.45) is 0.335. The van der Waals surface area contributed by atoms with Crippen molar-refractivity contribution in [1.29, 1.82) is 0 Å². The van der Waals surface area contributed by atoms with E-state index in [1.54, 1.807) is 31.2 Å². The van der Waals surface area contributed by atoms with Gasteiger partial charge in [-0.25, -0.2) is 12.8 Å². The highest BCUT2D eigenvalue weighted by Gasteiger charge is 2.15. The highest BCUT2D eigenvalue weighted by molar-refractivity contribution is 7.92. The van der Waals surface area contributed by atoms with E-state index in [1.807, 2.05) is 0 Å². The fourth-order valence-corrected chi connectivity index (χ4v) is 3.70. The van der Waals surface area contributed by atoms with Crippen LogP contribution in [0.3, 0.4) is 0 Å². The zero-order chi connectivity index (χ0) is 22.4. The molecule has 160 valence electrons. The summed E-state index contributed by atoms with van der Waals surface area (Å²) in [6.45, 7) is 1.74. The van der Waals surface area contributed by atoms with Gasteiger partial charge in [0.1, 0.15) is 5.82 Å².